The number of carbonyl (C=O) groups is 1. The van der Waals surface area contributed by atoms with Crippen LogP contribution in [-0.4, -0.2) is 31.6 Å². The first kappa shape index (κ1) is 22.6. The summed E-state index contributed by atoms with van der Waals surface area (Å²) >= 11 is 0. The summed E-state index contributed by atoms with van der Waals surface area (Å²) in [6.07, 6.45) is -3.73. The summed E-state index contributed by atoms with van der Waals surface area (Å²) in [5, 5.41) is 6.67. The van der Waals surface area contributed by atoms with E-state index in [2.05, 4.69) is 21.5 Å². The largest absolute Gasteiger partial charge is 0.416 e. The van der Waals surface area contributed by atoms with Crippen molar-refractivity contribution in [3.63, 3.8) is 0 Å². The van der Waals surface area contributed by atoms with Gasteiger partial charge in [0.05, 0.1) is 5.56 Å². The number of amides is 1. The van der Waals surface area contributed by atoms with Crippen molar-refractivity contribution in [3.8, 4) is 0 Å². The van der Waals surface area contributed by atoms with Crippen LogP contribution in [0.2, 0.25) is 0 Å². The Morgan fingerprint density at radius 3 is 2.63 bits per heavy atom. The number of nitrogens with one attached hydrogen (secondary N) is 1. The van der Waals surface area contributed by atoms with Gasteiger partial charge in [-0.3, -0.25) is 4.79 Å². The quantitative estimate of drug-likeness (QED) is 0.482. The topological polar surface area (TPSA) is 84.5 Å². The molecule has 2 aromatic heterocycles. The van der Waals surface area contributed by atoms with Gasteiger partial charge < -0.3 is 10.2 Å². The average molecular weight is 482 g/mol. The van der Waals surface area contributed by atoms with Crippen LogP contribution in [0.1, 0.15) is 22.4 Å². The second kappa shape index (κ2) is 8.57. The molecule has 1 N–H and O–H groups in total. The SMILES string of the molecule is Cc1cc2nn(CC(=O)Nc3cccc(C(F)(F)F)c3)c(=O)n2c(N2CCc3ccccc3C2)n1. The van der Waals surface area contributed by atoms with Crippen molar-refractivity contribution in [1.82, 2.24) is 19.2 Å². The lowest BCUT2D eigenvalue weighted by molar-refractivity contribution is -0.137. The van der Waals surface area contributed by atoms with Crippen LogP contribution in [0.3, 0.4) is 0 Å². The van der Waals surface area contributed by atoms with Gasteiger partial charge in [0.2, 0.25) is 11.9 Å². The van der Waals surface area contributed by atoms with Crippen LogP contribution in [0.15, 0.2) is 59.4 Å². The van der Waals surface area contributed by atoms with Gasteiger partial charge in [0.25, 0.3) is 0 Å². The third-order valence-corrected chi connectivity index (χ3v) is 5.86. The van der Waals surface area contributed by atoms with Crippen LogP contribution >= 0.6 is 0 Å². The summed E-state index contributed by atoms with van der Waals surface area (Å²) in [5.41, 5.74) is 1.94. The highest BCUT2D eigenvalue weighted by molar-refractivity contribution is 5.90. The third-order valence-electron chi connectivity index (χ3n) is 5.86. The molecule has 0 saturated carbocycles. The minimum Gasteiger partial charge on any atom is -0.337 e. The molecule has 180 valence electrons. The van der Waals surface area contributed by atoms with Crippen molar-refractivity contribution in [2.75, 3.05) is 16.8 Å². The molecule has 8 nitrogen and oxygen atoms in total. The van der Waals surface area contributed by atoms with Gasteiger partial charge in [0.15, 0.2) is 5.65 Å². The van der Waals surface area contributed by atoms with Crippen molar-refractivity contribution < 1.29 is 18.0 Å². The molecular weight excluding hydrogens is 461 g/mol. The van der Waals surface area contributed by atoms with Crippen LogP contribution in [0.5, 0.6) is 0 Å². The highest BCUT2D eigenvalue weighted by atomic mass is 19.4. The van der Waals surface area contributed by atoms with E-state index in [0.29, 0.717) is 30.4 Å². The zero-order chi connectivity index (χ0) is 24.7. The molecule has 1 amide bonds. The highest BCUT2D eigenvalue weighted by Gasteiger charge is 2.30. The van der Waals surface area contributed by atoms with Crippen molar-refractivity contribution in [3.05, 3.63) is 87.5 Å². The lowest BCUT2D eigenvalue weighted by atomic mass is 10.0. The maximum atomic E-state index is 13.2. The van der Waals surface area contributed by atoms with Gasteiger partial charge in [-0.1, -0.05) is 30.3 Å². The Labute approximate surface area is 197 Å². The van der Waals surface area contributed by atoms with Gasteiger partial charge in [-0.2, -0.15) is 13.2 Å². The molecule has 1 aliphatic rings. The van der Waals surface area contributed by atoms with Crippen LogP contribution < -0.4 is 15.9 Å². The molecule has 0 atom stereocenters. The monoisotopic (exact) mass is 482 g/mol. The van der Waals surface area contributed by atoms with Gasteiger partial charge >= 0.3 is 11.9 Å². The Kier molecular flexibility index (Phi) is 5.54. The molecule has 3 heterocycles. The van der Waals surface area contributed by atoms with Gasteiger partial charge in [0.1, 0.15) is 6.54 Å². The van der Waals surface area contributed by atoms with Gasteiger partial charge in [-0.15, -0.1) is 5.10 Å². The zero-order valence-corrected chi connectivity index (χ0v) is 18.7. The molecule has 0 bridgehead atoms. The molecular formula is C24H21F3N6O2. The van der Waals surface area contributed by atoms with Crippen molar-refractivity contribution >= 4 is 23.2 Å². The summed E-state index contributed by atoms with van der Waals surface area (Å²) in [6.45, 7) is 2.58. The Morgan fingerprint density at radius 2 is 1.86 bits per heavy atom. The first-order valence-electron chi connectivity index (χ1n) is 10.9. The smallest absolute Gasteiger partial charge is 0.337 e. The molecule has 35 heavy (non-hydrogen) atoms. The van der Waals surface area contributed by atoms with Gasteiger partial charge in [0, 0.05) is 30.5 Å². The lowest BCUT2D eigenvalue weighted by Gasteiger charge is -2.29. The van der Waals surface area contributed by atoms with Crippen LogP contribution in [0.25, 0.3) is 5.65 Å². The molecule has 0 unspecified atom stereocenters. The number of fused-ring (bicyclic) bond motifs is 2. The number of carbonyl (C=O) groups excluding carboxylic acids is 1. The summed E-state index contributed by atoms with van der Waals surface area (Å²) < 4.78 is 41.2. The standard InChI is InChI=1S/C24H21F3N6O2/c1-15-11-20-30-32(14-21(34)29-19-8-4-7-18(12-19)24(25,26)27)23(35)33(20)22(28-15)31-10-9-16-5-2-3-6-17(16)13-31/h2-8,11-12H,9-10,13-14H2,1H3,(H,29,34). The fourth-order valence-electron chi connectivity index (χ4n) is 4.22. The van der Waals surface area contributed by atoms with E-state index in [4.69, 9.17) is 0 Å². The molecule has 0 saturated heterocycles. The predicted molar refractivity (Wildman–Crippen MR) is 123 cm³/mol. The Bertz CT molecular complexity index is 1490. The summed E-state index contributed by atoms with van der Waals surface area (Å²) in [6, 6.07) is 14.0. The van der Waals surface area contributed by atoms with Crippen LogP contribution in [0, 0.1) is 6.92 Å². The second-order valence-corrected chi connectivity index (χ2v) is 8.40. The summed E-state index contributed by atoms with van der Waals surface area (Å²) in [5.74, 6) is -0.239. The van der Waals surface area contributed by atoms with E-state index in [1.54, 1.807) is 13.0 Å². The molecule has 0 fully saturated rings. The zero-order valence-electron chi connectivity index (χ0n) is 18.7. The highest BCUT2D eigenvalue weighted by Crippen LogP contribution is 2.30. The van der Waals surface area contributed by atoms with Crippen molar-refractivity contribution in [2.24, 2.45) is 0 Å². The van der Waals surface area contributed by atoms with Crippen molar-refractivity contribution in [1.29, 1.82) is 0 Å². The molecule has 0 spiro atoms. The molecule has 4 aromatic rings. The van der Waals surface area contributed by atoms with E-state index in [0.717, 1.165) is 28.8 Å². The second-order valence-electron chi connectivity index (χ2n) is 8.40. The number of benzene rings is 2. The first-order chi connectivity index (χ1) is 16.7. The van der Waals surface area contributed by atoms with E-state index in [1.165, 1.54) is 22.1 Å². The van der Waals surface area contributed by atoms with E-state index in [9.17, 15) is 22.8 Å². The summed E-state index contributed by atoms with van der Waals surface area (Å²) in [4.78, 5) is 32.3. The van der Waals surface area contributed by atoms with Crippen molar-refractivity contribution in [2.45, 2.75) is 32.6 Å². The number of anilines is 2. The van der Waals surface area contributed by atoms with Crippen LogP contribution in [-0.2, 0) is 30.5 Å². The number of halogens is 3. The predicted octanol–water partition coefficient (Wildman–Crippen LogP) is 3.42. The normalized spacial score (nSPS) is 13.7. The Morgan fingerprint density at radius 1 is 1.09 bits per heavy atom. The maximum Gasteiger partial charge on any atom is 0.416 e. The number of alkyl halides is 3. The average Bonchev–Trinajstić information content (AvgIpc) is 3.12. The number of nitrogens with zero attached hydrogens (tertiary/aromatic N) is 5. The molecule has 0 radical (unpaired) electrons. The molecule has 11 heteroatoms. The molecule has 0 aliphatic carbocycles. The number of rotatable bonds is 4. The Balaban J connectivity index is 1.42. The van der Waals surface area contributed by atoms with Crippen LogP contribution in [0.4, 0.5) is 24.8 Å². The van der Waals surface area contributed by atoms with E-state index in [-0.39, 0.29) is 5.69 Å². The minimum absolute atomic E-state index is 0.0215. The molecule has 5 rings (SSSR count). The summed E-state index contributed by atoms with van der Waals surface area (Å²) in [7, 11) is 0. The number of aromatic nitrogens is 4. The first-order valence-corrected chi connectivity index (χ1v) is 10.9. The number of hydrogen-bond donors (Lipinski definition) is 1. The van der Waals surface area contributed by atoms with Gasteiger partial charge in [-0.05, 0) is 42.7 Å². The third kappa shape index (κ3) is 4.48. The Hall–Kier alpha value is -4.15. The fraction of sp³-hybridized carbons (Fsp3) is 0.250. The lowest BCUT2D eigenvalue weighted by Crippen LogP contribution is -2.35. The maximum absolute atomic E-state index is 13.2. The van der Waals surface area contributed by atoms with Gasteiger partial charge in [-0.25, -0.2) is 18.9 Å². The number of hydrogen-bond acceptors (Lipinski definition) is 5. The fourth-order valence-corrected chi connectivity index (χ4v) is 4.22. The molecule has 2 aromatic carbocycles. The van der Waals surface area contributed by atoms with E-state index in [1.807, 2.05) is 23.1 Å². The molecule has 1 aliphatic heterocycles. The minimum atomic E-state index is -4.53. The van der Waals surface area contributed by atoms with E-state index >= 15 is 0 Å². The number of aryl methyl sites for hydroxylation is 1. The van der Waals surface area contributed by atoms with E-state index < -0.39 is 29.9 Å².